The van der Waals surface area contributed by atoms with Crippen LogP contribution >= 0.6 is 0 Å². The predicted molar refractivity (Wildman–Crippen MR) is 130 cm³/mol. The Labute approximate surface area is 221 Å². The first kappa shape index (κ1) is 28.8. The number of nitrogens with zero attached hydrogens (tertiary/aromatic N) is 4. The zero-order valence-electron chi connectivity index (χ0n) is 21.8. The second-order valence-corrected chi connectivity index (χ2v) is 10.1. The lowest BCUT2D eigenvalue weighted by Crippen LogP contribution is -2.43. The maximum absolute atomic E-state index is 13.6. The van der Waals surface area contributed by atoms with Crippen LogP contribution < -0.4 is 11.3 Å². The van der Waals surface area contributed by atoms with Gasteiger partial charge in [-0.15, -0.1) is 0 Å². The van der Waals surface area contributed by atoms with Gasteiger partial charge < -0.3 is 45.1 Å². The van der Waals surface area contributed by atoms with Gasteiger partial charge in [0, 0.05) is 0 Å². The fourth-order valence-corrected chi connectivity index (χ4v) is 4.41. The number of imidazole rings is 1. The largest absolute Gasteiger partial charge is 0.455 e. The molecule has 2 aromatic rings. The highest BCUT2D eigenvalue weighted by Crippen LogP contribution is 2.36. The fourth-order valence-electron chi connectivity index (χ4n) is 4.41. The number of aliphatic hydroxyl groups excluding tert-OH is 4. The number of fused-ring (bicyclic) bond motifs is 1. The number of carbonyl (C=O) groups excluding carboxylic acids is 2. The molecule has 16 heteroatoms. The van der Waals surface area contributed by atoms with E-state index in [1.54, 1.807) is 27.7 Å². The summed E-state index contributed by atoms with van der Waals surface area (Å²) in [5.41, 5.74) is 5.01. The van der Waals surface area contributed by atoms with Crippen LogP contribution in [0.25, 0.3) is 11.2 Å². The summed E-state index contributed by atoms with van der Waals surface area (Å²) in [5, 5.41) is 39.9. The predicted octanol–water partition coefficient (Wildman–Crippen LogP) is -2.19. The van der Waals surface area contributed by atoms with Gasteiger partial charge >= 0.3 is 11.9 Å². The zero-order chi connectivity index (χ0) is 28.8. The van der Waals surface area contributed by atoms with Crippen molar-refractivity contribution in [3.63, 3.8) is 0 Å². The number of ether oxygens (including phenoxy) is 4. The van der Waals surface area contributed by atoms with E-state index < -0.39 is 97.6 Å². The molecule has 6 N–H and O–H groups in total. The van der Waals surface area contributed by atoms with Crippen LogP contribution in [-0.4, -0.2) is 101 Å². The lowest BCUT2D eigenvalue weighted by molar-refractivity contribution is -0.172. The summed E-state index contributed by atoms with van der Waals surface area (Å²) in [4.78, 5) is 46.9. The topological polar surface area (TPSA) is 231 Å². The number of rotatable bonds is 8. The van der Waals surface area contributed by atoms with E-state index in [0.717, 1.165) is 10.9 Å². The quantitative estimate of drug-likeness (QED) is 0.218. The number of nitrogen functional groups attached to an aromatic ring is 1. The van der Waals surface area contributed by atoms with Gasteiger partial charge in [0.2, 0.25) is 5.95 Å². The minimum Gasteiger partial charge on any atom is -0.455 e. The number of esters is 2. The van der Waals surface area contributed by atoms with E-state index in [9.17, 15) is 34.8 Å². The van der Waals surface area contributed by atoms with E-state index in [1.807, 2.05) is 0 Å². The third-order valence-corrected chi connectivity index (χ3v) is 6.61. The Hall–Kier alpha value is -3.15. The minimum absolute atomic E-state index is 0.0983. The van der Waals surface area contributed by atoms with Gasteiger partial charge in [-0.1, -0.05) is 27.7 Å². The Morgan fingerprint density at radius 2 is 1.54 bits per heavy atom. The highest BCUT2D eigenvalue weighted by atomic mass is 16.6. The molecule has 0 aromatic carbocycles. The van der Waals surface area contributed by atoms with Gasteiger partial charge in [0.1, 0.15) is 24.4 Å². The van der Waals surface area contributed by atoms with E-state index >= 15 is 0 Å². The van der Waals surface area contributed by atoms with Crippen LogP contribution in [0.15, 0.2) is 11.1 Å². The number of carbonyl (C=O) groups is 2. The van der Waals surface area contributed by atoms with E-state index in [1.165, 1.54) is 4.57 Å². The van der Waals surface area contributed by atoms with Crippen molar-refractivity contribution < 1.29 is 49.0 Å². The van der Waals surface area contributed by atoms with Crippen molar-refractivity contribution in [3.05, 3.63) is 16.7 Å². The SMILES string of the molecule is CC(C)C(=O)O[C@H]1[C@H](OC(=O)C(C)C)C(n2c(N)nc3c(ncn3[C@@H]3O[C@H](CO)[C@@H](O)[C@H]3O)c2=O)O[C@@H]1CO. The lowest BCUT2D eigenvalue weighted by Gasteiger charge is -2.26. The molecule has 0 saturated carbocycles. The molecule has 0 radical (unpaired) electrons. The fraction of sp³-hybridized carbons (Fsp3) is 0.696. The van der Waals surface area contributed by atoms with E-state index in [2.05, 4.69) is 9.97 Å². The second-order valence-electron chi connectivity index (χ2n) is 10.1. The minimum atomic E-state index is -1.47. The Morgan fingerprint density at radius 1 is 0.974 bits per heavy atom. The Bertz CT molecular complexity index is 1280. The zero-order valence-corrected chi connectivity index (χ0v) is 21.8. The van der Waals surface area contributed by atoms with Crippen molar-refractivity contribution >= 4 is 29.1 Å². The first-order valence-corrected chi connectivity index (χ1v) is 12.5. The number of hydrogen-bond donors (Lipinski definition) is 5. The molecular weight excluding hydrogens is 522 g/mol. The number of hydrogen-bond acceptors (Lipinski definition) is 14. The molecule has 2 aromatic heterocycles. The molecule has 4 rings (SSSR count). The molecule has 0 aliphatic carbocycles. The number of anilines is 1. The third-order valence-electron chi connectivity index (χ3n) is 6.61. The Balaban J connectivity index is 1.78. The molecule has 0 spiro atoms. The molecule has 2 saturated heterocycles. The molecule has 2 aliphatic rings. The molecule has 2 aliphatic heterocycles. The van der Waals surface area contributed by atoms with E-state index in [-0.39, 0.29) is 11.2 Å². The number of aromatic nitrogens is 4. The summed E-state index contributed by atoms with van der Waals surface area (Å²) in [5.74, 6) is -2.85. The molecule has 2 fully saturated rings. The Morgan fingerprint density at radius 3 is 2.08 bits per heavy atom. The van der Waals surface area contributed by atoms with Crippen molar-refractivity contribution in [1.29, 1.82) is 0 Å². The van der Waals surface area contributed by atoms with Crippen molar-refractivity contribution in [2.75, 3.05) is 18.9 Å². The van der Waals surface area contributed by atoms with Gasteiger partial charge in [-0.3, -0.25) is 19.0 Å². The van der Waals surface area contributed by atoms with Gasteiger partial charge in [0.25, 0.3) is 5.56 Å². The first-order valence-electron chi connectivity index (χ1n) is 12.5. The van der Waals surface area contributed by atoms with Crippen LogP contribution in [0.3, 0.4) is 0 Å². The van der Waals surface area contributed by atoms with Gasteiger partial charge in [-0.25, -0.2) is 9.55 Å². The highest BCUT2D eigenvalue weighted by molar-refractivity contribution is 5.73. The number of aliphatic hydroxyl groups is 4. The maximum atomic E-state index is 13.6. The average Bonchev–Trinajstić information content (AvgIpc) is 3.53. The van der Waals surface area contributed by atoms with Gasteiger partial charge in [-0.05, 0) is 0 Å². The standard InChI is InChI=1S/C23H33N5O11/c1-8(2)21(34)38-15-11(6-30)37-20(16(15)39-22(35)9(3)4)28-18(33)12-17(26-23(28)24)27(7-25-12)19-14(32)13(31)10(5-29)36-19/h7-11,13-16,19-20,29-32H,5-6H2,1-4H3,(H2,24,26)/t10-,11-,13-,14-,15-,16+,19-,20?/m1/s1. The molecule has 4 heterocycles. The normalized spacial score (nSPS) is 30.9. The average molecular weight is 556 g/mol. The second kappa shape index (κ2) is 11.1. The molecule has 0 bridgehead atoms. The summed E-state index contributed by atoms with van der Waals surface area (Å²) < 4.78 is 24.5. The highest BCUT2D eigenvalue weighted by Gasteiger charge is 2.52. The van der Waals surface area contributed by atoms with Crippen LogP contribution in [0.5, 0.6) is 0 Å². The molecule has 16 nitrogen and oxygen atoms in total. The molecule has 216 valence electrons. The van der Waals surface area contributed by atoms with Crippen molar-refractivity contribution in [2.24, 2.45) is 11.8 Å². The molecule has 39 heavy (non-hydrogen) atoms. The van der Waals surface area contributed by atoms with Crippen molar-refractivity contribution in [3.8, 4) is 0 Å². The summed E-state index contributed by atoms with van der Waals surface area (Å²) >= 11 is 0. The van der Waals surface area contributed by atoms with Gasteiger partial charge in [0.15, 0.2) is 35.8 Å². The molecular formula is C23H33N5O11. The Kier molecular flexibility index (Phi) is 8.25. The summed E-state index contributed by atoms with van der Waals surface area (Å²) in [6.07, 6.45) is -9.28. The third kappa shape index (κ3) is 5.10. The van der Waals surface area contributed by atoms with Crippen LogP contribution in [0.1, 0.15) is 40.2 Å². The van der Waals surface area contributed by atoms with Crippen molar-refractivity contribution in [1.82, 2.24) is 19.1 Å². The van der Waals surface area contributed by atoms with E-state index in [4.69, 9.17) is 24.7 Å². The van der Waals surface area contributed by atoms with Crippen LogP contribution in [0.4, 0.5) is 5.95 Å². The van der Waals surface area contributed by atoms with Crippen molar-refractivity contribution in [2.45, 2.75) is 76.8 Å². The first-order chi connectivity index (χ1) is 18.4. The van der Waals surface area contributed by atoms with Crippen LogP contribution in [0, 0.1) is 11.8 Å². The van der Waals surface area contributed by atoms with Crippen LogP contribution in [-0.2, 0) is 28.5 Å². The van der Waals surface area contributed by atoms with Gasteiger partial charge in [0.05, 0.1) is 31.4 Å². The molecule has 0 amide bonds. The summed E-state index contributed by atoms with van der Waals surface area (Å²) in [7, 11) is 0. The van der Waals surface area contributed by atoms with Gasteiger partial charge in [-0.2, -0.15) is 4.98 Å². The summed E-state index contributed by atoms with van der Waals surface area (Å²) in [6, 6.07) is 0. The smallest absolute Gasteiger partial charge is 0.308 e. The maximum Gasteiger partial charge on any atom is 0.308 e. The lowest BCUT2D eigenvalue weighted by atomic mass is 10.1. The molecule has 1 unspecified atom stereocenters. The molecule has 8 atom stereocenters. The van der Waals surface area contributed by atoms with Crippen LogP contribution in [0.2, 0.25) is 0 Å². The monoisotopic (exact) mass is 555 g/mol. The summed E-state index contributed by atoms with van der Waals surface area (Å²) in [6.45, 7) is 5.18. The van der Waals surface area contributed by atoms with E-state index in [0.29, 0.717) is 0 Å². The number of nitrogens with two attached hydrogens (primary N) is 1.